The summed E-state index contributed by atoms with van der Waals surface area (Å²) in [6.45, 7) is 2.99. The van der Waals surface area contributed by atoms with E-state index < -0.39 is 24.1 Å². The number of aromatic nitrogens is 5. The van der Waals surface area contributed by atoms with Crippen LogP contribution in [0.1, 0.15) is 35.3 Å². The number of fused-ring (bicyclic) bond motifs is 2. The second kappa shape index (κ2) is 11.5. The second-order valence-electron chi connectivity index (χ2n) is 9.06. The lowest BCUT2D eigenvalue weighted by atomic mass is 10.0. The number of hydrogen-bond acceptors (Lipinski definition) is 9. The fraction of sp³-hybridized carbons (Fsp3) is 0.333. The number of nitrogens with zero attached hydrogens (tertiary/aromatic N) is 5. The van der Waals surface area contributed by atoms with Crippen LogP contribution in [0.25, 0.3) is 16.6 Å². The summed E-state index contributed by atoms with van der Waals surface area (Å²) < 4.78 is 38.1. The van der Waals surface area contributed by atoms with Crippen LogP contribution in [0.2, 0.25) is 5.02 Å². The Balaban J connectivity index is 0.000000493. The molecule has 4 aromatic rings. The van der Waals surface area contributed by atoms with Gasteiger partial charge in [0.1, 0.15) is 5.56 Å². The summed E-state index contributed by atoms with van der Waals surface area (Å²) in [5.74, 6) is -3.55. The first kappa shape index (κ1) is 29.4. The quantitative estimate of drug-likeness (QED) is 0.250. The molecule has 1 aliphatic heterocycles. The highest BCUT2D eigenvalue weighted by Gasteiger charge is 2.38. The van der Waals surface area contributed by atoms with Crippen LogP contribution in [0.15, 0.2) is 30.7 Å². The summed E-state index contributed by atoms with van der Waals surface area (Å²) in [4.78, 5) is 40.6. The Kier molecular flexibility index (Phi) is 8.23. The normalized spacial score (nSPS) is 15.9. The molecule has 2 atom stereocenters. The van der Waals surface area contributed by atoms with Gasteiger partial charge in [-0.15, -0.1) is 5.10 Å². The Morgan fingerprint density at radius 1 is 1.34 bits per heavy atom. The van der Waals surface area contributed by atoms with Crippen molar-refractivity contribution in [1.82, 2.24) is 30.1 Å². The Morgan fingerprint density at radius 3 is 2.71 bits per heavy atom. The molecule has 5 N–H and O–H groups in total. The summed E-state index contributed by atoms with van der Waals surface area (Å²) in [6, 6.07) is 3.07. The molecule has 3 aromatic heterocycles. The number of hydrogen-bond donors (Lipinski definition) is 4. The largest absolute Gasteiger partial charge is 0.490 e. The minimum Gasteiger partial charge on any atom is -0.475 e. The third kappa shape index (κ3) is 5.96. The van der Waals surface area contributed by atoms with E-state index in [9.17, 15) is 22.8 Å². The van der Waals surface area contributed by atoms with E-state index in [0.29, 0.717) is 30.2 Å². The number of nitrogens with two attached hydrogens (primary N) is 1. The number of rotatable bonds is 5. The SMILES string of the molecule is COC(=O)C1CCN(c2c(C(C)NC(=O)c3c(N)nn4cccnc34)cc(Cl)c3cn[nH]c23)C1.O=C(O)C(F)(F)F. The number of carboxylic acids is 1. The first-order chi connectivity index (χ1) is 19.3. The first-order valence-corrected chi connectivity index (χ1v) is 12.4. The maximum Gasteiger partial charge on any atom is 0.490 e. The molecule has 1 aromatic carbocycles. The number of nitrogen functional groups attached to an aromatic ring is 1. The molecular formula is C24H24ClF3N8O5. The molecule has 0 aliphatic carbocycles. The molecule has 5 rings (SSSR count). The van der Waals surface area contributed by atoms with Gasteiger partial charge in [-0.3, -0.25) is 14.7 Å². The highest BCUT2D eigenvalue weighted by molar-refractivity contribution is 6.36. The number of alkyl halides is 3. The molecule has 0 radical (unpaired) electrons. The van der Waals surface area contributed by atoms with E-state index in [1.165, 1.54) is 11.6 Å². The number of benzene rings is 1. The van der Waals surface area contributed by atoms with Crippen molar-refractivity contribution in [1.29, 1.82) is 0 Å². The second-order valence-corrected chi connectivity index (χ2v) is 9.46. The zero-order valence-electron chi connectivity index (χ0n) is 21.6. The topological polar surface area (TPSA) is 181 Å². The van der Waals surface area contributed by atoms with Gasteiger partial charge < -0.3 is 25.8 Å². The molecule has 1 fully saturated rings. The van der Waals surface area contributed by atoms with Crippen LogP contribution in [0.4, 0.5) is 24.7 Å². The van der Waals surface area contributed by atoms with E-state index in [4.69, 9.17) is 32.0 Å². The molecule has 1 amide bonds. The van der Waals surface area contributed by atoms with Crippen molar-refractivity contribution in [2.24, 2.45) is 5.92 Å². The lowest BCUT2D eigenvalue weighted by molar-refractivity contribution is -0.192. The Labute approximate surface area is 234 Å². The number of methoxy groups -OCH3 is 1. The number of esters is 1. The van der Waals surface area contributed by atoms with Gasteiger partial charge in [-0.1, -0.05) is 11.6 Å². The number of amides is 1. The van der Waals surface area contributed by atoms with Gasteiger partial charge in [0.25, 0.3) is 5.91 Å². The van der Waals surface area contributed by atoms with Gasteiger partial charge in [-0.05, 0) is 25.5 Å². The van der Waals surface area contributed by atoms with Crippen molar-refractivity contribution in [2.75, 3.05) is 30.8 Å². The average Bonchev–Trinajstić information content (AvgIpc) is 3.66. The molecule has 41 heavy (non-hydrogen) atoms. The van der Waals surface area contributed by atoms with Crippen LogP contribution >= 0.6 is 11.6 Å². The molecule has 1 saturated heterocycles. The van der Waals surface area contributed by atoms with E-state index in [2.05, 4.69) is 30.5 Å². The lowest BCUT2D eigenvalue weighted by Gasteiger charge is -2.26. The molecule has 0 saturated carbocycles. The molecule has 1 aliphatic rings. The van der Waals surface area contributed by atoms with Crippen LogP contribution in [0, 0.1) is 5.92 Å². The number of anilines is 2. The van der Waals surface area contributed by atoms with Gasteiger partial charge in [0, 0.05) is 36.4 Å². The first-order valence-electron chi connectivity index (χ1n) is 12.0. The number of nitrogens with one attached hydrogen (secondary N) is 2. The zero-order valence-corrected chi connectivity index (χ0v) is 22.3. The van der Waals surface area contributed by atoms with Crippen molar-refractivity contribution < 1.29 is 37.4 Å². The Hall–Kier alpha value is -4.60. The fourth-order valence-electron chi connectivity index (χ4n) is 4.54. The number of carbonyl (C=O) groups is 3. The lowest BCUT2D eigenvalue weighted by Crippen LogP contribution is -2.30. The van der Waals surface area contributed by atoms with E-state index in [-0.39, 0.29) is 23.3 Å². The summed E-state index contributed by atoms with van der Waals surface area (Å²) >= 11 is 6.56. The smallest absolute Gasteiger partial charge is 0.475 e. The zero-order chi connectivity index (χ0) is 30.1. The van der Waals surface area contributed by atoms with Gasteiger partial charge in [-0.2, -0.15) is 18.3 Å². The minimum atomic E-state index is -5.08. The highest BCUT2D eigenvalue weighted by atomic mass is 35.5. The van der Waals surface area contributed by atoms with Crippen LogP contribution in [-0.2, 0) is 14.3 Å². The molecule has 0 bridgehead atoms. The van der Waals surface area contributed by atoms with Crippen molar-refractivity contribution in [2.45, 2.75) is 25.6 Å². The molecule has 17 heteroatoms. The fourth-order valence-corrected chi connectivity index (χ4v) is 4.80. The predicted octanol–water partition coefficient (Wildman–Crippen LogP) is 2.96. The third-order valence-corrected chi connectivity index (χ3v) is 6.75. The number of aromatic amines is 1. The van der Waals surface area contributed by atoms with Crippen LogP contribution in [-0.4, -0.2) is 74.1 Å². The molecule has 0 spiro atoms. The molecule has 2 unspecified atom stereocenters. The number of carbonyl (C=O) groups excluding carboxylic acids is 2. The van der Waals surface area contributed by atoms with Gasteiger partial charge in [-0.25, -0.2) is 14.3 Å². The van der Waals surface area contributed by atoms with E-state index in [1.807, 2.05) is 13.0 Å². The van der Waals surface area contributed by atoms with Crippen molar-refractivity contribution >= 4 is 57.5 Å². The number of halogens is 4. The average molecular weight is 597 g/mol. The number of carboxylic acid groups (broad SMARTS) is 1. The van der Waals surface area contributed by atoms with Crippen LogP contribution < -0.4 is 16.0 Å². The predicted molar refractivity (Wildman–Crippen MR) is 140 cm³/mol. The van der Waals surface area contributed by atoms with Gasteiger partial charge in [0.15, 0.2) is 11.5 Å². The van der Waals surface area contributed by atoms with E-state index >= 15 is 0 Å². The molecule has 4 heterocycles. The summed E-state index contributed by atoms with van der Waals surface area (Å²) in [5.41, 5.74) is 8.95. The maximum atomic E-state index is 13.2. The minimum absolute atomic E-state index is 0.0890. The van der Waals surface area contributed by atoms with Crippen molar-refractivity contribution in [3.05, 3.63) is 46.9 Å². The van der Waals surface area contributed by atoms with Gasteiger partial charge >= 0.3 is 18.1 Å². The Morgan fingerprint density at radius 2 is 2.05 bits per heavy atom. The summed E-state index contributed by atoms with van der Waals surface area (Å²) in [5, 5.41) is 22.7. The third-order valence-electron chi connectivity index (χ3n) is 6.43. The standard InChI is InChI=1S/C22H23ClN8O3.C2HF3O2/c1-11(27-21(32)16-19(24)29-31-6-3-5-25-20(16)31)13-8-15(23)14-9-26-28-17(14)18(13)30-7-4-12(10-30)22(33)34-2;3-2(4,5)1(6)7/h3,5-6,8-9,11-12H,4,7,10H2,1-2H3,(H2,24,29)(H,26,28)(H,27,32);(H,6,7). The van der Waals surface area contributed by atoms with Crippen LogP contribution in [0.3, 0.4) is 0 Å². The molecular weight excluding hydrogens is 573 g/mol. The van der Waals surface area contributed by atoms with E-state index in [1.54, 1.807) is 24.7 Å². The Bertz CT molecular complexity index is 1620. The number of H-pyrrole nitrogens is 1. The maximum absolute atomic E-state index is 13.2. The summed E-state index contributed by atoms with van der Waals surface area (Å²) in [7, 11) is 1.39. The van der Waals surface area contributed by atoms with Gasteiger partial charge in [0.05, 0.1) is 41.5 Å². The van der Waals surface area contributed by atoms with E-state index in [0.717, 1.165) is 22.2 Å². The highest BCUT2D eigenvalue weighted by Crippen LogP contribution is 2.40. The molecule has 218 valence electrons. The van der Waals surface area contributed by atoms with Crippen molar-refractivity contribution in [3.63, 3.8) is 0 Å². The van der Waals surface area contributed by atoms with Gasteiger partial charge in [0.2, 0.25) is 0 Å². The molecule has 13 nitrogen and oxygen atoms in total. The number of ether oxygens (including phenoxy) is 1. The monoisotopic (exact) mass is 596 g/mol. The summed E-state index contributed by atoms with van der Waals surface area (Å²) in [6.07, 6.45) is 0.489. The number of aliphatic carboxylic acids is 1. The van der Waals surface area contributed by atoms with Crippen LogP contribution in [0.5, 0.6) is 0 Å². The van der Waals surface area contributed by atoms with Crippen molar-refractivity contribution in [3.8, 4) is 0 Å².